The lowest BCUT2D eigenvalue weighted by molar-refractivity contribution is -0.137. The van der Waals surface area contributed by atoms with Crippen LogP contribution < -0.4 is 5.32 Å². The molecule has 1 aromatic heterocycles. The number of amides is 1. The number of sulfone groups is 1. The number of carbonyl (C=O) groups is 1. The molecule has 3 aliphatic rings. The fourth-order valence-corrected chi connectivity index (χ4v) is 6.93. The molecule has 2 aromatic rings. The molecule has 180 valence electrons. The molecule has 5 rings (SSSR count). The minimum Gasteiger partial charge on any atom is -0.451 e. The Kier molecular flexibility index (Phi) is 5.34. The SMILES string of the molecule is CS(=O)(=O)C1CCC(CCC2CC3(CC3)NC(=O)c3oc4ccc(C(F)(F)F)cc4c32)CC1. The minimum atomic E-state index is -4.48. The topological polar surface area (TPSA) is 76.4 Å². The number of fused-ring (bicyclic) bond motifs is 3. The molecule has 1 N–H and O–H groups in total. The van der Waals surface area contributed by atoms with Gasteiger partial charge in [-0.2, -0.15) is 13.2 Å². The van der Waals surface area contributed by atoms with Crippen LogP contribution in [0.4, 0.5) is 13.2 Å². The average molecular weight is 484 g/mol. The Morgan fingerprint density at radius 3 is 2.42 bits per heavy atom. The molecule has 5 nitrogen and oxygen atoms in total. The zero-order valence-corrected chi connectivity index (χ0v) is 19.3. The van der Waals surface area contributed by atoms with Crippen LogP contribution in [0.1, 0.15) is 85.4 Å². The van der Waals surface area contributed by atoms with Crippen molar-refractivity contribution in [2.24, 2.45) is 5.92 Å². The fraction of sp³-hybridized carbons (Fsp3) is 0.625. The summed E-state index contributed by atoms with van der Waals surface area (Å²) in [4.78, 5) is 12.9. The van der Waals surface area contributed by atoms with Gasteiger partial charge in [-0.3, -0.25) is 4.79 Å². The molecule has 2 fully saturated rings. The summed E-state index contributed by atoms with van der Waals surface area (Å²) in [5.41, 5.74) is -0.136. The third kappa shape index (κ3) is 4.40. The fourth-order valence-electron chi connectivity index (χ4n) is 5.80. The molecular weight excluding hydrogens is 455 g/mol. The van der Waals surface area contributed by atoms with Gasteiger partial charge in [0.15, 0.2) is 5.76 Å². The molecule has 2 aliphatic carbocycles. The van der Waals surface area contributed by atoms with Crippen molar-refractivity contribution in [1.29, 1.82) is 0 Å². The molecule has 1 spiro atoms. The van der Waals surface area contributed by atoms with Crippen LogP contribution in [-0.4, -0.2) is 31.4 Å². The molecule has 1 aliphatic heterocycles. The van der Waals surface area contributed by atoms with E-state index in [-0.39, 0.29) is 28.4 Å². The number of rotatable bonds is 4. The van der Waals surface area contributed by atoms with Gasteiger partial charge in [0.1, 0.15) is 15.4 Å². The van der Waals surface area contributed by atoms with Crippen LogP contribution in [0.5, 0.6) is 0 Å². The standard InChI is InChI=1S/C24H28F3NO4S/c1-33(30,31)17-7-3-14(4-8-17)2-5-15-13-23(10-11-23)28-22(29)21-20(15)18-12-16(24(25,26)27)6-9-19(18)32-21/h6,9,12,14-15,17H,2-5,7-8,10-11,13H2,1H3,(H,28,29). The van der Waals surface area contributed by atoms with E-state index in [1.54, 1.807) is 0 Å². The van der Waals surface area contributed by atoms with Crippen LogP contribution in [0.15, 0.2) is 22.6 Å². The molecule has 1 atom stereocenters. The number of nitrogens with one attached hydrogen (secondary N) is 1. The van der Waals surface area contributed by atoms with Crippen LogP contribution in [-0.2, 0) is 16.0 Å². The van der Waals surface area contributed by atoms with Gasteiger partial charge in [0, 0.05) is 22.7 Å². The molecule has 1 amide bonds. The molecule has 33 heavy (non-hydrogen) atoms. The number of alkyl halides is 3. The van der Waals surface area contributed by atoms with E-state index in [0.717, 1.165) is 50.7 Å². The lowest BCUT2D eigenvalue weighted by atomic mass is 9.80. The van der Waals surface area contributed by atoms with Crippen molar-refractivity contribution in [1.82, 2.24) is 5.32 Å². The summed E-state index contributed by atoms with van der Waals surface area (Å²) >= 11 is 0. The van der Waals surface area contributed by atoms with Crippen LogP contribution in [0.2, 0.25) is 0 Å². The molecule has 0 radical (unpaired) electrons. The summed E-state index contributed by atoms with van der Waals surface area (Å²) in [7, 11) is -3.03. The zero-order chi connectivity index (χ0) is 23.6. The summed E-state index contributed by atoms with van der Waals surface area (Å²) in [5.74, 6) is 0.0959. The Balaban J connectivity index is 1.43. The van der Waals surface area contributed by atoms with E-state index in [4.69, 9.17) is 4.42 Å². The van der Waals surface area contributed by atoms with Crippen molar-refractivity contribution in [2.45, 2.75) is 80.7 Å². The predicted molar refractivity (Wildman–Crippen MR) is 118 cm³/mol. The van der Waals surface area contributed by atoms with Gasteiger partial charge >= 0.3 is 6.18 Å². The van der Waals surface area contributed by atoms with E-state index in [1.807, 2.05) is 0 Å². The zero-order valence-electron chi connectivity index (χ0n) is 18.5. The van der Waals surface area contributed by atoms with Crippen LogP contribution in [0.3, 0.4) is 0 Å². The molecule has 0 saturated heterocycles. The third-order valence-corrected chi connectivity index (χ3v) is 9.54. The van der Waals surface area contributed by atoms with Crippen molar-refractivity contribution in [3.05, 3.63) is 35.1 Å². The number of halogens is 3. The molecule has 1 unspecified atom stereocenters. The van der Waals surface area contributed by atoms with Crippen molar-refractivity contribution in [2.75, 3.05) is 6.26 Å². The monoisotopic (exact) mass is 483 g/mol. The predicted octanol–water partition coefficient (Wildman–Crippen LogP) is 5.58. The number of carbonyl (C=O) groups excluding carboxylic acids is 1. The molecule has 2 heterocycles. The minimum absolute atomic E-state index is 0.0844. The largest absolute Gasteiger partial charge is 0.451 e. The second-order valence-electron chi connectivity index (χ2n) is 10.2. The van der Waals surface area contributed by atoms with Gasteiger partial charge in [0.25, 0.3) is 5.91 Å². The van der Waals surface area contributed by atoms with E-state index in [2.05, 4.69) is 5.32 Å². The van der Waals surface area contributed by atoms with E-state index in [1.165, 1.54) is 12.3 Å². The van der Waals surface area contributed by atoms with E-state index >= 15 is 0 Å². The van der Waals surface area contributed by atoms with Crippen molar-refractivity contribution in [3.63, 3.8) is 0 Å². The lowest BCUT2D eigenvalue weighted by Gasteiger charge is -2.29. The van der Waals surface area contributed by atoms with Crippen LogP contribution in [0.25, 0.3) is 11.0 Å². The summed E-state index contributed by atoms with van der Waals surface area (Å²) in [5, 5.41) is 3.16. The quantitative estimate of drug-likeness (QED) is 0.616. The Bertz CT molecular complexity index is 1190. The first-order valence-corrected chi connectivity index (χ1v) is 13.6. The molecule has 2 saturated carbocycles. The van der Waals surface area contributed by atoms with Crippen LogP contribution >= 0.6 is 0 Å². The third-order valence-electron chi connectivity index (χ3n) is 7.86. The number of benzene rings is 1. The van der Waals surface area contributed by atoms with Gasteiger partial charge in [0.2, 0.25) is 0 Å². The van der Waals surface area contributed by atoms with E-state index in [9.17, 15) is 26.4 Å². The number of hydrogen-bond donors (Lipinski definition) is 1. The Labute approximate surface area is 191 Å². The average Bonchev–Trinajstić information content (AvgIpc) is 3.40. The van der Waals surface area contributed by atoms with Gasteiger partial charge in [-0.1, -0.05) is 0 Å². The normalized spacial score (nSPS) is 27.3. The van der Waals surface area contributed by atoms with Gasteiger partial charge in [0.05, 0.1) is 10.8 Å². The first kappa shape index (κ1) is 22.7. The Hall–Kier alpha value is -2.03. The molecule has 1 aromatic carbocycles. The molecule has 0 bridgehead atoms. The van der Waals surface area contributed by atoms with Gasteiger partial charge < -0.3 is 9.73 Å². The smallest absolute Gasteiger partial charge is 0.416 e. The van der Waals surface area contributed by atoms with E-state index < -0.39 is 21.6 Å². The number of hydrogen-bond acceptors (Lipinski definition) is 4. The maximum Gasteiger partial charge on any atom is 0.416 e. The second-order valence-corrected chi connectivity index (χ2v) is 12.6. The maximum absolute atomic E-state index is 13.4. The van der Waals surface area contributed by atoms with E-state index in [0.29, 0.717) is 41.7 Å². The summed E-state index contributed by atoms with van der Waals surface area (Å²) in [6, 6.07) is 3.40. The first-order chi connectivity index (χ1) is 15.5. The van der Waals surface area contributed by atoms with Crippen molar-refractivity contribution in [3.8, 4) is 0 Å². The summed E-state index contributed by atoms with van der Waals surface area (Å²) in [6.07, 6.45) is 3.83. The summed E-state index contributed by atoms with van der Waals surface area (Å²) < 4.78 is 69.7. The van der Waals surface area contributed by atoms with Gasteiger partial charge in [-0.05, 0) is 87.8 Å². The molecule has 9 heteroatoms. The highest BCUT2D eigenvalue weighted by Gasteiger charge is 2.50. The summed E-state index contributed by atoms with van der Waals surface area (Å²) in [6.45, 7) is 0. The highest BCUT2D eigenvalue weighted by molar-refractivity contribution is 7.91. The highest BCUT2D eigenvalue weighted by Crippen LogP contribution is 2.50. The Morgan fingerprint density at radius 2 is 1.82 bits per heavy atom. The molecular formula is C24H28F3NO4S. The van der Waals surface area contributed by atoms with Gasteiger partial charge in [-0.15, -0.1) is 0 Å². The number of furan rings is 1. The van der Waals surface area contributed by atoms with Crippen molar-refractivity contribution >= 4 is 26.7 Å². The first-order valence-electron chi connectivity index (χ1n) is 11.6. The maximum atomic E-state index is 13.4. The van der Waals surface area contributed by atoms with Crippen LogP contribution in [0, 0.1) is 5.92 Å². The second kappa shape index (κ2) is 7.75. The van der Waals surface area contributed by atoms with Gasteiger partial charge in [-0.25, -0.2) is 8.42 Å². The Morgan fingerprint density at radius 1 is 1.12 bits per heavy atom. The van der Waals surface area contributed by atoms with Crippen molar-refractivity contribution < 1.29 is 30.8 Å². The highest BCUT2D eigenvalue weighted by atomic mass is 32.2. The lowest BCUT2D eigenvalue weighted by Crippen LogP contribution is -2.35.